The molecule has 0 aliphatic carbocycles. The summed E-state index contributed by atoms with van der Waals surface area (Å²) in [6.45, 7) is 2.03. The lowest BCUT2D eigenvalue weighted by molar-refractivity contribution is 0.202. The van der Waals surface area contributed by atoms with E-state index in [1.165, 1.54) is 0 Å². The van der Waals surface area contributed by atoms with Gasteiger partial charge in [0.1, 0.15) is 23.7 Å². The number of halogens is 1. The molecule has 21 heavy (non-hydrogen) atoms. The van der Waals surface area contributed by atoms with Crippen LogP contribution in [0, 0.1) is 0 Å². The van der Waals surface area contributed by atoms with Gasteiger partial charge in [-0.1, -0.05) is 0 Å². The summed E-state index contributed by atoms with van der Waals surface area (Å²) in [6, 6.07) is 3.81. The van der Waals surface area contributed by atoms with Gasteiger partial charge in [-0.3, -0.25) is 4.68 Å². The monoisotopic (exact) mass is 352 g/mol. The largest absolute Gasteiger partial charge is 0.496 e. The lowest BCUT2D eigenvalue weighted by Crippen LogP contribution is -2.09. The molecule has 5 nitrogen and oxygen atoms in total. The molecule has 0 bridgehead atoms. The Hall–Kier alpha value is -1.53. The summed E-state index contributed by atoms with van der Waals surface area (Å²) in [5, 5.41) is 14.9. The smallest absolute Gasteiger partial charge is 0.125 e. The number of aliphatic hydroxyl groups excluding tert-OH is 1. The maximum absolute atomic E-state index is 10.7. The maximum atomic E-state index is 10.7. The molecule has 0 spiro atoms. The topological polar surface area (TPSA) is 56.5 Å². The van der Waals surface area contributed by atoms with E-state index in [0.717, 1.165) is 22.2 Å². The average molecular weight is 353 g/mol. The third-order valence-electron chi connectivity index (χ3n) is 3.74. The number of aromatic nitrogens is 2. The van der Waals surface area contributed by atoms with Crippen LogP contribution in [-0.2, 0) is 13.5 Å². The van der Waals surface area contributed by atoms with Crippen LogP contribution < -0.4 is 9.47 Å². The summed E-state index contributed by atoms with van der Waals surface area (Å²) < 4.78 is 13.6. The van der Waals surface area contributed by atoms with Gasteiger partial charge in [-0.2, -0.15) is 5.10 Å². The molecule has 0 saturated carbocycles. The summed E-state index contributed by atoms with van der Waals surface area (Å²) >= 11 is 3.42. The second-order valence-corrected chi connectivity index (χ2v) is 6.09. The van der Waals surface area contributed by atoms with E-state index in [9.17, 15) is 5.11 Å². The minimum absolute atomic E-state index is 0.153. The van der Waals surface area contributed by atoms with Crippen LogP contribution in [0.15, 0.2) is 22.8 Å². The van der Waals surface area contributed by atoms with Crippen molar-refractivity contribution in [2.75, 3.05) is 7.11 Å². The number of rotatable bonds is 3. The first-order chi connectivity index (χ1) is 10.0. The molecule has 0 radical (unpaired) electrons. The first kappa shape index (κ1) is 14.4. The first-order valence-electron chi connectivity index (χ1n) is 6.74. The average Bonchev–Trinajstić information content (AvgIpc) is 2.97. The molecule has 0 fully saturated rings. The number of nitrogens with zero attached hydrogens (tertiary/aromatic N) is 2. The maximum Gasteiger partial charge on any atom is 0.125 e. The van der Waals surface area contributed by atoms with Gasteiger partial charge in [-0.25, -0.2) is 0 Å². The van der Waals surface area contributed by atoms with E-state index in [0.29, 0.717) is 17.0 Å². The Morgan fingerprint density at radius 2 is 2.29 bits per heavy atom. The van der Waals surface area contributed by atoms with Crippen LogP contribution >= 0.6 is 15.9 Å². The van der Waals surface area contributed by atoms with E-state index in [1.54, 1.807) is 25.0 Å². The molecule has 2 heterocycles. The lowest BCUT2D eigenvalue weighted by Gasteiger charge is -2.17. The van der Waals surface area contributed by atoms with Crippen molar-refractivity contribution in [3.8, 4) is 11.5 Å². The zero-order valence-corrected chi connectivity index (χ0v) is 13.7. The normalized spacial score (nSPS) is 18.2. The number of methoxy groups -OCH3 is 1. The molecule has 2 atom stereocenters. The van der Waals surface area contributed by atoms with Crippen LogP contribution in [0.25, 0.3) is 0 Å². The molecule has 1 aliphatic heterocycles. The summed E-state index contributed by atoms with van der Waals surface area (Å²) in [6.07, 6.45) is 1.83. The second-order valence-electron chi connectivity index (χ2n) is 5.24. The van der Waals surface area contributed by atoms with E-state index in [-0.39, 0.29) is 6.10 Å². The van der Waals surface area contributed by atoms with Crippen LogP contribution in [0.2, 0.25) is 0 Å². The molecule has 2 aromatic rings. The van der Waals surface area contributed by atoms with Gasteiger partial charge in [-0.15, -0.1) is 0 Å². The Balaban J connectivity index is 2.08. The fourth-order valence-electron chi connectivity index (χ4n) is 2.72. The molecule has 1 aromatic carbocycles. The highest BCUT2D eigenvalue weighted by Crippen LogP contribution is 2.40. The van der Waals surface area contributed by atoms with Crippen molar-refractivity contribution in [1.29, 1.82) is 0 Å². The van der Waals surface area contributed by atoms with E-state index >= 15 is 0 Å². The number of hydrogen-bond acceptors (Lipinski definition) is 4. The van der Waals surface area contributed by atoms with Crippen molar-refractivity contribution in [2.45, 2.75) is 25.6 Å². The molecule has 0 amide bonds. The molecule has 6 heteroatoms. The molecule has 0 saturated heterocycles. The van der Waals surface area contributed by atoms with Crippen LogP contribution in [0.5, 0.6) is 11.5 Å². The Morgan fingerprint density at radius 1 is 1.52 bits per heavy atom. The number of aryl methyl sites for hydroxylation is 1. The van der Waals surface area contributed by atoms with Crippen LogP contribution in [0.1, 0.15) is 29.8 Å². The minimum atomic E-state index is -0.841. The third kappa shape index (κ3) is 2.42. The Morgan fingerprint density at radius 3 is 2.90 bits per heavy atom. The minimum Gasteiger partial charge on any atom is -0.496 e. The van der Waals surface area contributed by atoms with Gasteiger partial charge in [0, 0.05) is 24.6 Å². The van der Waals surface area contributed by atoms with Gasteiger partial charge in [0.2, 0.25) is 0 Å². The fourth-order valence-corrected chi connectivity index (χ4v) is 3.29. The second kappa shape index (κ2) is 5.35. The van der Waals surface area contributed by atoms with Gasteiger partial charge in [-0.05, 0) is 35.0 Å². The quantitative estimate of drug-likeness (QED) is 0.922. The summed E-state index contributed by atoms with van der Waals surface area (Å²) in [5.74, 6) is 1.47. The number of fused-ring (bicyclic) bond motifs is 1. The van der Waals surface area contributed by atoms with Gasteiger partial charge < -0.3 is 14.6 Å². The highest BCUT2D eigenvalue weighted by molar-refractivity contribution is 9.10. The number of hydrogen-bond donors (Lipinski definition) is 1. The standard InChI is InChI=1S/C15H17BrN2O3/c1-8-4-9-5-13(20-3)10(6-12(9)21-8)15(19)14-11(16)7-17-18(14)2/h5-8,15,19H,4H2,1-3H3. The molecule has 112 valence electrons. The molecule has 3 rings (SSSR count). The Labute approximate surface area is 131 Å². The fraction of sp³-hybridized carbons (Fsp3) is 0.400. The summed E-state index contributed by atoms with van der Waals surface area (Å²) in [7, 11) is 3.40. The highest BCUT2D eigenvalue weighted by Gasteiger charge is 2.27. The number of aliphatic hydroxyl groups is 1. The van der Waals surface area contributed by atoms with Gasteiger partial charge in [0.15, 0.2) is 0 Å². The predicted octanol–water partition coefficient (Wildman–Crippen LogP) is 2.60. The number of benzene rings is 1. The Bertz CT molecular complexity index is 664. The molecule has 1 aliphatic rings. The zero-order valence-electron chi connectivity index (χ0n) is 12.1. The van der Waals surface area contributed by atoms with Crippen LogP contribution in [-0.4, -0.2) is 28.1 Å². The van der Waals surface area contributed by atoms with E-state index in [1.807, 2.05) is 19.1 Å². The third-order valence-corrected chi connectivity index (χ3v) is 4.35. The van der Waals surface area contributed by atoms with Crippen molar-refractivity contribution in [2.24, 2.45) is 7.05 Å². The van der Waals surface area contributed by atoms with Crippen molar-refractivity contribution < 1.29 is 14.6 Å². The summed E-state index contributed by atoms with van der Waals surface area (Å²) in [5.41, 5.74) is 2.47. The van der Waals surface area contributed by atoms with Crippen molar-refractivity contribution in [1.82, 2.24) is 9.78 Å². The molecule has 1 N–H and O–H groups in total. The predicted molar refractivity (Wildman–Crippen MR) is 81.8 cm³/mol. The summed E-state index contributed by atoms with van der Waals surface area (Å²) in [4.78, 5) is 0. The van der Waals surface area contributed by atoms with E-state index < -0.39 is 6.10 Å². The van der Waals surface area contributed by atoms with Crippen molar-refractivity contribution >= 4 is 15.9 Å². The van der Waals surface area contributed by atoms with Crippen LogP contribution in [0.4, 0.5) is 0 Å². The van der Waals surface area contributed by atoms with Gasteiger partial charge in [0.05, 0.1) is 23.5 Å². The van der Waals surface area contributed by atoms with E-state index in [2.05, 4.69) is 21.0 Å². The first-order valence-corrected chi connectivity index (χ1v) is 7.53. The lowest BCUT2D eigenvalue weighted by atomic mass is 10.0. The van der Waals surface area contributed by atoms with E-state index in [4.69, 9.17) is 9.47 Å². The van der Waals surface area contributed by atoms with Crippen molar-refractivity contribution in [3.05, 3.63) is 39.6 Å². The molecular weight excluding hydrogens is 336 g/mol. The van der Waals surface area contributed by atoms with Gasteiger partial charge >= 0.3 is 0 Å². The SMILES string of the molecule is COc1cc2c(cc1C(O)c1c(Br)cnn1C)OC(C)C2. The Kier molecular flexibility index (Phi) is 3.67. The molecule has 2 unspecified atom stereocenters. The molecular formula is C15H17BrN2O3. The zero-order chi connectivity index (χ0) is 15.1. The number of ether oxygens (including phenoxy) is 2. The molecule has 1 aromatic heterocycles. The highest BCUT2D eigenvalue weighted by atomic mass is 79.9. The van der Waals surface area contributed by atoms with Gasteiger partial charge in [0.25, 0.3) is 0 Å². The van der Waals surface area contributed by atoms with Crippen molar-refractivity contribution in [3.63, 3.8) is 0 Å². The van der Waals surface area contributed by atoms with Crippen LogP contribution in [0.3, 0.4) is 0 Å².